The van der Waals surface area contributed by atoms with E-state index in [9.17, 15) is 22.8 Å². The Morgan fingerprint density at radius 2 is 1.85 bits per heavy atom. The number of esters is 1. The van der Waals surface area contributed by atoms with Gasteiger partial charge in [0.05, 0.1) is 30.0 Å². The highest BCUT2D eigenvalue weighted by atomic mass is 127. The summed E-state index contributed by atoms with van der Waals surface area (Å²) in [4.78, 5) is 24.9. The zero-order valence-corrected chi connectivity index (χ0v) is 16.2. The summed E-state index contributed by atoms with van der Waals surface area (Å²) in [6, 6.07) is 6.15. The van der Waals surface area contributed by atoms with Gasteiger partial charge in [0.2, 0.25) is 0 Å². The number of rotatable bonds is 4. The number of halogens is 4. The molecule has 27 heavy (non-hydrogen) atoms. The van der Waals surface area contributed by atoms with Gasteiger partial charge in [-0.05, 0) is 52.9 Å². The third kappa shape index (κ3) is 4.18. The molecule has 0 unspecified atom stereocenters. The second kappa shape index (κ2) is 7.75. The van der Waals surface area contributed by atoms with Gasteiger partial charge in [-0.1, -0.05) is 0 Å². The van der Waals surface area contributed by atoms with Crippen molar-refractivity contribution in [3.05, 3.63) is 56.9 Å². The Balaban J connectivity index is 1.87. The minimum Gasteiger partial charge on any atom is -0.459 e. The molecule has 5 nitrogen and oxygen atoms in total. The van der Waals surface area contributed by atoms with Crippen molar-refractivity contribution in [1.29, 1.82) is 0 Å². The van der Waals surface area contributed by atoms with E-state index in [0.29, 0.717) is 3.57 Å². The van der Waals surface area contributed by atoms with Crippen LogP contribution in [0.25, 0.3) is 0 Å². The van der Waals surface area contributed by atoms with Gasteiger partial charge in [-0.15, -0.1) is 0 Å². The molecule has 142 valence electrons. The number of hydrogen-bond acceptors (Lipinski definition) is 4. The van der Waals surface area contributed by atoms with E-state index in [2.05, 4.69) is 5.32 Å². The average molecular weight is 490 g/mol. The number of amides is 1. The molecule has 1 N–H and O–H groups in total. The number of likely N-dealkylation sites (tertiary alicyclic amines) is 1. The van der Waals surface area contributed by atoms with E-state index in [4.69, 9.17) is 4.74 Å². The van der Waals surface area contributed by atoms with E-state index in [0.717, 1.165) is 12.1 Å². The molecule has 0 saturated carbocycles. The molecule has 0 spiro atoms. The Labute approximate surface area is 166 Å². The first-order valence-electron chi connectivity index (χ1n) is 7.93. The van der Waals surface area contributed by atoms with Gasteiger partial charge in [-0.2, -0.15) is 0 Å². The second-order valence-corrected chi connectivity index (χ2v) is 7.22. The highest BCUT2D eigenvalue weighted by Crippen LogP contribution is 2.30. The molecule has 0 bridgehead atoms. The molecule has 2 aromatic rings. The van der Waals surface area contributed by atoms with Crippen LogP contribution in [0, 0.1) is 21.0 Å². The van der Waals surface area contributed by atoms with E-state index >= 15 is 0 Å². The van der Waals surface area contributed by atoms with Gasteiger partial charge >= 0.3 is 5.97 Å². The maximum Gasteiger partial charge on any atom is 0.303 e. The fraction of sp³-hybridized carbons (Fsp3) is 0.222. The predicted molar refractivity (Wildman–Crippen MR) is 100 cm³/mol. The quantitative estimate of drug-likeness (QED) is 0.523. The van der Waals surface area contributed by atoms with Crippen molar-refractivity contribution in [2.45, 2.75) is 13.0 Å². The smallest absolute Gasteiger partial charge is 0.303 e. The van der Waals surface area contributed by atoms with Gasteiger partial charge in [0.15, 0.2) is 11.6 Å². The number of carbonyl (C=O) groups is 2. The Morgan fingerprint density at radius 1 is 1.15 bits per heavy atom. The first-order chi connectivity index (χ1) is 12.8. The highest BCUT2D eigenvalue weighted by molar-refractivity contribution is 14.1. The Hall–Kier alpha value is -2.30. The summed E-state index contributed by atoms with van der Waals surface area (Å²) in [5.74, 6) is -4.15. The SMILES string of the molecule is CC(=O)OC1CN(C(=O)c2ccc(F)c(F)c2Nc2ccc(I)cc2F)C1. The molecular formula is C18H14F3IN2O3. The molecule has 9 heteroatoms. The standard InChI is InChI=1S/C18H14F3IN2O3/c1-9(25)27-11-7-24(8-11)18(26)12-3-4-13(19)16(21)17(12)23-15-5-2-10(22)6-14(15)20/h2-6,11,23H,7-8H2,1H3. The van der Waals surface area contributed by atoms with E-state index < -0.39 is 41.1 Å². The Morgan fingerprint density at radius 3 is 2.48 bits per heavy atom. The van der Waals surface area contributed by atoms with Crippen LogP contribution in [0.3, 0.4) is 0 Å². The lowest BCUT2D eigenvalue weighted by molar-refractivity contribution is -0.152. The number of nitrogens with one attached hydrogen (secondary N) is 1. The summed E-state index contributed by atoms with van der Waals surface area (Å²) in [5, 5.41) is 2.48. The molecule has 1 heterocycles. The Bertz CT molecular complexity index is 917. The summed E-state index contributed by atoms with van der Waals surface area (Å²) in [7, 11) is 0. The molecular weight excluding hydrogens is 476 g/mol. The predicted octanol–water partition coefficient (Wildman–Crippen LogP) is 3.84. The van der Waals surface area contributed by atoms with Gasteiger partial charge in [0, 0.05) is 10.5 Å². The molecule has 2 aromatic carbocycles. The van der Waals surface area contributed by atoms with Gasteiger partial charge < -0.3 is 15.0 Å². The van der Waals surface area contributed by atoms with Crippen molar-refractivity contribution in [3.63, 3.8) is 0 Å². The van der Waals surface area contributed by atoms with E-state index in [-0.39, 0.29) is 24.3 Å². The largest absolute Gasteiger partial charge is 0.459 e. The molecule has 3 rings (SSSR count). The van der Waals surface area contributed by atoms with Gasteiger partial charge in [-0.3, -0.25) is 9.59 Å². The minimum absolute atomic E-state index is 0.0876. The lowest BCUT2D eigenvalue weighted by atomic mass is 10.1. The van der Waals surface area contributed by atoms with Crippen LogP contribution in [-0.2, 0) is 9.53 Å². The number of benzene rings is 2. The van der Waals surface area contributed by atoms with Crippen molar-refractivity contribution >= 4 is 45.8 Å². The first-order valence-corrected chi connectivity index (χ1v) is 9.00. The number of anilines is 2. The van der Waals surface area contributed by atoms with Crippen LogP contribution in [0.4, 0.5) is 24.5 Å². The van der Waals surface area contributed by atoms with E-state index in [1.807, 2.05) is 22.6 Å². The molecule has 1 fully saturated rings. The molecule has 0 aromatic heterocycles. The lowest BCUT2D eigenvalue weighted by Crippen LogP contribution is -2.55. The summed E-state index contributed by atoms with van der Waals surface area (Å²) in [5.41, 5.74) is -0.681. The fourth-order valence-electron chi connectivity index (χ4n) is 2.66. The first kappa shape index (κ1) is 19.5. The highest BCUT2D eigenvalue weighted by Gasteiger charge is 2.35. The summed E-state index contributed by atoms with van der Waals surface area (Å²) >= 11 is 1.92. The molecule has 0 atom stereocenters. The number of ether oxygens (including phenoxy) is 1. The van der Waals surface area contributed by atoms with E-state index in [1.54, 1.807) is 6.07 Å². The average Bonchev–Trinajstić information content (AvgIpc) is 2.56. The van der Waals surface area contributed by atoms with E-state index in [1.165, 1.54) is 24.0 Å². The summed E-state index contributed by atoms with van der Waals surface area (Å²) < 4.78 is 47.7. The monoisotopic (exact) mass is 490 g/mol. The van der Waals surface area contributed by atoms with Gasteiger partial charge in [-0.25, -0.2) is 13.2 Å². The van der Waals surface area contributed by atoms with Crippen LogP contribution in [-0.4, -0.2) is 36.0 Å². The third-order valence-electron chi connectivity index (χ3n) is 3.98. The van der Waals surface area contributed by atoms with Crippen LogP contribution in [0.1, 0.15) is 17.3 Å². The second-order valence-electron chi connectivity index (χ2n) is 5.97. The molecule has 1 amide bonds. The molecule has 1 saturated heterocycles. The maximum absolute atomic E-state index is 14.4. The topological polar surface area (TPSA) is 58.6 Å². The zero-order valence-electron chi connectivity index (χ0n) is 14.1. The number of nitrogens with zero attached hydrogens (tertiary/aromatic N) is 1. The molecule has 0 aliphatic carbocycles. The van der Waals surface area contributed by atoms with Crippen molar-refractivity contribution in [2.75, 3.05) is 18.4 Å². The number of carbonyl (C=O) groups excluding carboxylic acids is 2. The van der Waals surface area contributed by atoms with Crippen LogP contribution >= 0.6 is 22.6 Å². The number of hydrogen-bond donors (Lipinski definition) is 1. The minimum atomic E-state index is -1.28. The van der Waals surface area contributed by atoms with Gasteiger partial charge in [0.25, 0.3) is 5.91 Å². The van der Waals surface area contributed by atoms with Crippen molar-refractivity contribution in [1.82, 2.24) is 4.90 Å². The van der Waals surface area contributed by atoms with Gasteiger partial charge in [0.1, 0.15) is 11.9 Å². The van der Waals surface area contributed by atoms with Crippen molar-refractivity contribution < 1.29 is 27.5 Å². The normalized spacial score (nSPS) is 13.9. The summed E-state index contributed by atoms with van der Waals surface area (Å²) in [6.07, 6.45) is -0.429. The lowest BCUT2D eigenvalue weighted by Gasteiger charge is -2.38. The van der Waals surface area contributed by atoms with Crippen molar-refractivity contribution in [3.8, 4) is 0 Å². The fourth-order valence-corrected chi connectivity index (χ4v) is 3.11. The Kier molecular flexibility index (Phi) is 5.59. The molecule has 1 aliphatic rings. The van der Waals surface area contributed by atoms with Crippen LogP contribution < -0.4 is 5.32 Å². The van der Waals surface area contributed by atoms with Crippen LogP contribution in [0.15, 0.2) is 30.3 Å². The van der Waals surface area contributed by atoms with Crippen molar-refractivity contribution in [2.24, 2.45) is 0 Å². The van der Waals surface area contributed by atoms with Crippen LogP contribution in [0.5, 0.6) is 0 Å². The molecule has 0 radical (unpaired) electrons. The zero-order chi connectivity index (χ0) is 19.7. The molecule has 1 aliphatic heterocycles. The van der Waals surface area contributed by atoms with Crippen LogP contribution in [0.2, 0.25) is 0 Å². The summed E-state index contributed by atoms with van der Waals surface area (Å²) in [6.45, 7) is 1.56. The third-order valence-corrected chi connectivity index (χ3v) is 4.65. The maximum atomic E-state index is 14.4.